The Kier molecular flexibility index (Phi) is 9.46. The van der Waals surface area contributed by atoms with Gasteiger partial charge in [-0.15, -0.1) is 22.2 Å². The summed E-state index contributed by atoms with van der Waals surface area (Å²) in [6.45, 7) is 27.0. The fourth-order valence-corrected chi connectivity index (χ4v) is 6.60. The van der Waals surface area contributed by atoms with E-state index in [0.717, 1.165) is 67.9 Å². The van der Waals surface area contributed by atoms with Crippen molar-refractivity contribution in [2.24, 2.45) is 20.0 Å². The standard InChI is InChI=1S/C40H44N4Si4/c1-45(2,3)25-21-29-33-13-15-35(41-33)30(22-26-46(4,5)6)37-17-19-39(43-37)32(24-28-48(10,11)12)40-20-18-38(44-40)31(23-27-47(7,8)9)36-16-14-34(29)42-36/h13-20H,1-12H3. The van der Waals surface area contributed by atoms with E-state index in [0.29, 0.717) is 0 Å². The molecule has 0 aromatic heterocycles. The zero-order valence-corrected chi connectivity index (χ0v) is 34.4. The van der Waals surface area contributed by atoms with E-state index >= 15 is 0 Å². The molecular formula is C40H44N4Si4. The molecule has 0 radical (unpaired) electrons. The largest absolute Gasteiger partial charge is 0.246 e. The van der Waals surface area contributed by atoms with Crippen LogP contribution in [0.5, 0.6) is 0 Å². The Hall–Kier alpha value is -4.29. The Balaban J connectivity index is 1.89. The fraction of sp³-hybridized carbons (Fsp3) is 0.300. The summed E-state index contributed by atoms with van der Waals surface area (Å²) in [6, 6.07) is 0. The highest BCUT2D eigenvalue weighted by Crippen LogP contribution is 2.30. The Morgan fingerprint density at radius 2 is 0.500 bits per heavy atom. The summed E-state index contributed by atoms with van der Waals surface area (Å²) in [5.74, 6) is 14.0. The van der Waals surface area contributed by atoms with Gasteiger partial charge < -0.3 is 0 Å². The summed E-state index contributed by atoms with van der Waals surface area (Å²) in [6.07, 6.45) is 16.3. The molecule has 0 aromatic carbocycles. The van der Waals surface area contributed by atoms with Crippen molar-refractivity contribution < 1.29 is 0 Å². The molecule has 0 saturated heterocycles. The average Bonchev–Trinajstić information content (AvgIpc) is 3.76. The van der Waals surface area contributed by atoms with Crippen LogP contribution in [0.2, 0.25) is 78.6 Å². The molecule has 5 aliphatic heterocycles. The summed E-state index contributed by atoms with van der Waals surface area (Å²) < 4.78 is 0. The SMILES string of the molecule is C[Si](C)(C)C#CC1=C2C=CC(=N2)C(C#C[Si](C)(C)C)=C2C=CC(=N2)C(C#C[Si](C)(C)C)=C2C=CC(=N2)C(C#C[Si](C)(C)C)=C2C=CC1=N2. The van der Waals surface area contributed by atoms with E-state index < -0.39 is 32.3 Å². The highest BCUT2D eigenvalue weighted by Gasteiger charge is 2.25. The van der Waals surface area contributed by atoms with Crippen molar-refractivity contribution in [3.8, 4) is 45.9 Å². The summed E-state index contributed by atoms with van der Waals surface area (Å²) >= 11 is 0. The van der Waals surface area contributed by atoms with E-state index in [2.05, 4.69) is 124 Å². The third-order valence-electron chi connectivity index (χ3n) is 6.86. The molecule has 0 spiro atoms. The predicted molar refractivity (Wildman–Crippen MR) is 219 cm³/mol. The van der Waals surface area contributed by atoms with Crippen molar-refractivity contribution in [1.82, 2.24) is 0 Å². The van der Waals surface area contributed by atoms with Crippen LogP contribution in [0.15, 0.2) is 114 Å². The molecular weight excluding hydrogens is 649 g/mol. The molecule has 48 heavy (non-hydrogen) atoms. The fourth-order valence-electron chi connectivity index (χ4n) is 4.60. The predicted octanol–water partition coefficient (Wildman–Crippen LogP) is 8.58. The van der Waals surface area contributed by atoms with Crippen LogP contribution < -0.4 is 0 Å². The Morgan fingerprint density at radius 3 is 0.667 bits per heavy atom. The van der Waals surface area contributed by atoms with Crippen LogP contribution in [0, 0.1) is 45.9 Å². The lowest BCUT2D eigenvalue weighted by atomic mass is 10.1. The molecule has 0 atom stereocenters. The van der Waals surface area contributed by atoms with Gasteiger partial charge >= 0.3 is 0 Å². The molecule has 0 fully saturated rings. The zero-order valence-electron chi connectivity index (χ0n) is 30.4. The second-order valence-electron chi connectivity index (χ2n) is 16.4. The molecule has 0 aliphatic carbocycles. The average molecular weight is 693 g/mol. The first kappa shape index (κ1) is 35.0. The monoisotopic (exact) mass is 692 g/mol. The van der Waals surface area contributed by atoms with E-state index in [4.69, 9.17) is 20.0 Å². The minimum Gasteiger partial charge on any atom is -0.246 e. The normalized spacial score (nSPS) is 18.4. The van der Waals surface area contributed by atoms with Gasteiger partial charge in [-0.05, 0) is 48.6 Å². The van der Waals surface area contributed by atoms with Crippen molar-refractivity contribution in [2.75, 3.05) is 0 Å². The molecule has 240 valence electrons. The maximum absolute atomic E-state index is 5.16. The van der Waals surface area contributed by atoms with Crippen molar-refractivity contribution in [3.63, 3.8) is 0 Å². The molecule has 0 amide bonds. The molecule has 0 aromatic rings. The zero-order chi connectivity index (χ0) is 35.1. The van der Waals surface area contributed by atoms with Crippen LogP contribution in [-0.4, -0.2) is 55.1 Å². The minimum absolute atomic E-state index is 0.781. The van der Waals surface area contributed by atoms with Crippen molar-refractivity contribution in [2.45, 2.75) is 78.6 Å². The Bertz CT molecular complexity index is 1830. The first-order valence-electron chi connectivity index (χ1n) is 16.4. The van der Waals surface area contributed by atoms with Gasteiger partial charge in [-0.3, -0.25) is 0 Å². The van der Waals surface area contributed by atoms with Gasteiger partial charge in [0.05, 0.1) is 67.9 Å². The van der Waals surface area contributed by atoms with E-state index in [9.17, 15) is 0 Å². The molecule has 5 heterocycles. The first-order chi connectivity index (χ1) is 22.2. The number of hydrogen-bond donors (Lipinski definition) is 0. The maximum atomic E-state index is 5.16. The molecule has 5 aliphatic rings. The number of nitrogens with zero attached hydrogens (tertiary/aromatic N) is 4. The van der Waals surface area contributed by atoms with Crippen molar-refractivity contribution in [3.05, 3.63) is 93.7 Å². The smallest absolute Gasteiger partial charge is 0.129 e. The topological polar surface area (TPSA) is 49.4 Å². The molecule has 0 N–H and O–H groups in total. The van der Waals surface area contributed by atoms with Gasteiger partial charge in [0, 0.05) is 0 Å². The summed E-state index contributed by atoms with van der Waals surface area (Å²) in [5.41, 5.74) is 23.7. The van der Waals surface area contributed by atoms with Gasteiger partial charge in [0.1, 0.15) is 32.3 Å². The number of hydrogen-bond acceptors (Lipinski definition) is 4. The second kappa shape index (κ2) is 13.0. The summed E-state index contributed by atoms with van der Waals surface area (Å²) in [4.78, 5) is 20.6. The van der Waals surface area contributed by atoms with Crippen molar-refractivity contribution >= 4 is 55.1 Å². The quantitative estimate of drug-likeness (QED) is 0.181. The second-order valence-corrected chi connectivity index (χ2v) is 35.4. The van der Waals surface area contributed by atoms with Gasteiger partial charge in [-0.2, -0.15) is 0 Å². The van der Waals surface area contributed by atoms with Crippen LogP contribution >= 0.6 is 0 Å². The molecule has 0 saturated carbocycles. The minimum atomic E-state index is -1.71. The van der Waals surface area contributed by atoms with E-state index in [1.807, 2.05) is 48.6 Å². The first-order valence-corrected chi connectivity index (χ1v) is 30.4. The van der Waals surface area contributed by atoms with E-state index in [-0.39, 0.29) is 0 Å². The van der Waals surface area contributed by atoms with Gasteiger partial charge in [0.25, 0.3) is 0 Å². The van der Waals surface area contributed by atoms with Gasteiger partial charge in [0.15, 0.2) is 0 Å². The highest BCUT2D eigenvalue weighted by atomic mass is 28.3. The van der Waals surface area contributed by atoms with Crippen LogP contribution in [0.1, 0.15) is 0 Å². The van der Waals surface area contributed by atoms with Crippen LogP contribution in [0.25, 0.3) is 0 Å². The summed E-state index contributed by atoms with van der Waals surface area (Å²) in [5, 5.41) is 0. The molecule has 0 unspecified atom stereocenters. The lowest BCUT2D eigenvalue weighted by Gasteiger charge is -2.08. The number of allylic oxidation sites excluding steroid dienone is 12. The Morgan fingerprint density at radius 1 is 0.312 bits per heavy atom. The molecule has 5 rings (SSSR count). The maximum Gasteiger partial charge on any atom is 0.129 e. The Labute approximate surface area is 292 Å². The van der Waals surface area contributed by atoms with E-state index in [1.54, 1.807) is 0 Å². The van der Waals surface area contributed by atoms with Crippen LogP contribution in [-0.2, 0) is 0 Å². The third kappa shape index (κ3) is 8.98. The van der Waals surface area contributed by atoms with E-state index in [1.165, 1.54) is 0 Å². The van der Waals surface area contributed by atoms with Gasteiger partial charge in [0.2, 0.25) is 0 Å². The van der Waals surface area contributed by atoms with Crippen LogP contribution in [0.4, 0.5) is 0 Å². The third-order valence-corrected chi connectivity index (χ3v) is 10.4. The van der Waals surface area contributed by atoms with Gasteiger partial charge in [-0.25, -0.2) is 20.0 Å². The molecule has 8 heteroatoms. The molecule has 8 bridgehead atoms. The number of aliphatic imine (C=N–C) groups is 4. The summed E-state index contributed by atoms with van der Waals surface area (Å²) in [7, 11) is -6.84. The lowest BCUT2D eigenvalue weighted by molar-refractivity contribution is 1.37. The van der Waals surface area contributed by atoms with Crippen LogP contribution in [0.3, 0.4) is 0 Å². The number of rotatable bonds is 0. The molecule has 4 nitrogen and oxygen atoms in total. The number of fused-ring (bicyclic) bond motifs is 4. The van der Waals surface area contributed by atoms with Crippen molar-refractivity contribution in [1.29, 1.82) is 0 Å². The highest BCUT2D eigenvalue weighted by molar-refractivity contribution is 6.85. The van der Waals surface area contributed by atoms with Gasteiger partial charge in [-0.1, -0.05) is 102 Å². The lowest BCUT2D eigenvalue weighted by Crippen LogP contribution is -2.17.